The number of para-hydroxylation sites is 1. The molecule has 0 spiro atoms. The van der Waals surface area contributed by atoms with E-state index < -0.39 is 19.7 Å². The molecule has 1 aliphatic heterocycles. The van der Waals surface area contributed by atoms with Crippen LogP contribution in [0.5, 0.6) is 0 Å². The Hall–Kier alpha value is -1.62. The summed E-state index contributed by atoms with van der Waals surface area (Å²) in [7, 11) is -4.40. The quantitative estimate of drug-likeness (QED) is 0.490. The first-order chi connectivity index (χ1) is 8.87. The highest BCUT2D eigenvalue weighted by atomic mass is 31.2. The van der Waals surface area contributed by atoms with Gasteiger partial charge >= 0.3 is 13.6 Å². The number of carboxylic acid groups (broad SMARTS) is 1. The number of fused-ring (bicyclic) bond motifs is 1. The van der Waals surface area contributed by atoms with Crippen molar-refractivity contribution >= 4 is 25.3 Å². The first-order valence-corrected chi connectivity index (χ1v) is 7.51. The van der Waals surface area contributed by atoms with Crippen LogP contribution in [0.4, 0.5) is 5.69 Å². The topological polar surface area (TPSA) is 107 Å². The van der Waals surface area contributed by atoms with Gasteiger partial charge in [-0.3, -0.25) is 4.57 Å². The molecule has 0 fully saturated rings. The second-order valence-electron chi connectivity index (χ2n) is 4.36. The molecule has 7 heteroatoms. The summed E-state index contributed by atoms with van der Waals surface area (Å²) in [6, 6.07) is 5.46. The van der Waals surface area contributed by atoms with Gasteiger partial charge in [-0.05, 0) is 23.6 Å². The summed E-state index contributed by atoms with van der Waals surface area (Å²) in [5.74, 6) is -1.32. The van der Waals surface area contributed by atoms with Crippen LogP contribution in [0, 0.1) is 0 Å². The monoisotopic (exact) mass is 283 g/mol. The molecule has 0 bridgehead atoms. The fourth-order valence-electron chi connectivity index (χ4n) is 2.07. The average Bonchev–Trinajstić information content (AvgIpc) is 2.75. The molecule has 0 amide bonds. The van der Waals surface area contributed by atoms with Crippen molar-refractivity contribution in [2.24, 2.45) is 0 Å². The average molecular weight is 283 g/mol. The van der Waals surface area contributed by atoms with Gasteiger partial charge in [-0.2, -0.15) is 0 Å². The number of aliphatic carboxylic acids is 1. The van der Waals surface area contributed by atoms with Gasteiger partial charge in [0.15, 0.2) is 0 Å². The Labute approximate surface area is 109 Å². The van der Waals surface area contributed by atoms with Crippen molar-refractivity contribution in [2.75, 3.05) is 18.0 Å². The van der Waals surface area contributed by atoms with Crippen LogP contribution in [-0.2, 0) is 15.8 Å². The lowest BCUT2D eigenvalue weighted by atomic mass is 10.1. The number of hydrogen-bond acceptors (Lipinski definition) is 3. The normalized spacial score (nSPS) is 14.9. The smallest absolute Gasteiger partial charge is 0.332 e. The molecule has 4 N–H and O–H groups in total. The lowest BCUT2D eigenvalue weighted by Crippen LogP contribution is -2.06. The number of carbonyl (C=O) groups is 1. The zero-order valence-corrected chi connectivity index (χ0v) is 10.9. The van der Waals surface area contributed by atoms with Crippen LogP contribution in [0.15, 0.2) is 23.8 Å². The van der Waals surface area contributed by atoms with E-state index in [1.165, 1.54) is 6.08 Å². The van der Waals surface area contributed by atoms with Crippen molar-refractivity contribution in [2.45, 2.75) is 6.42 Å². The Kier molecular flexibility index (Phi) is 3.75. The molecule has 1 aliphatic rings. The molecular formula is C12H14NO5P. The summed E-state index contributed by atoms with van der Waals surface area (Å²) >= 11 is 0. The predicted molar refractivity (Wildman–Crippen MR) is 71.2 cm³/mol. The van der Waals surface area contributed by atoms with Crippen LogP contribution in [0.1, 0.15) is 11.1 Å². The van der Waals surface area contributed by atoms with Crippen molar-refractivity contribution in [1.82, 2.24) is 0 Å². The number of benzene rings is 1. The van der Waals surface area contributed by atoms with Gasteiger partial charge in [-0.25, -0.2) is 4.79 Å². The molecular weight excluding hydrogens is 269 g/mol. The SMILES string of the molecule is O=C(O)/C(=C/c1cccc2c1NCC2)CP(=O)(O)O. The van der Waals surface area contributed by atoms with Crippen molar-refractivity contribution in [3.05, 3.63) is 34.9 Å². The molecule has 6 nitrogen and oxygen atoms in total. The first kappa shape index (κ1) is 13.8. The Morgan fingerprint density at radius 1 is 1.42 bits per heavy atom. The Morgan fingerprint density at radius 3 is 2.79 bits per heavy atom. The minimum absolute atomic E-state index is 0.296. The van der Waals surface area contributed by atoms with Gasteiger partial charge in [0.25, 0.3) is 0 Å². The minimum Gasteiger partial charge on any atom is -0.478 e. The van der Waals surface area contributed by atoms with E-state index in [4.69, 9.17) is 14.9 Å². The van der Waals surface area contributed by atoms with Crippen LogP contribution in [0.25, 0.3) is 6.08 Å². The number of hydrogen-bond donors (Lipinski definition) is 4. The molecule has 0 radical (unpaired) electrons. The molecule has 0 saturated carbocycles. The molecule has 2 rings (SSSR count). The van der Waals surface area contributed by atoms with Crippen molar-refractivity contribution in [3.8, 4) is 0 Å². The lowest BCUT2D eigenvalue weighted by Gasteiger charge is -2.08. The maximum Gasteiger partial charge on any atom is 0.332 e. The largest absolute Gasteiger partial charge is 0.478 e. The van der Waals surface area contributed by atoms with Crippen molar-refractivity contribution in [3.63, 3.8) is 0 Å². The molecule has 19 heavy (non-hydrogen) atoms. The zero-order chi connectivity index (χ0) is 14.0. The van der Waals surface area contributed by atoms with Crippen LogP contribution >= 0.6 is 7.60 Å². The van der Waals surface area contributed by atoms with E-state index in [9.17, 15) is 9.36 Å². The van der Waals surface area contributed by atoms with E-state index >= 15 is 0 Å². The highest BCUT2D eigenvalue weighted by Crippen LogP contribution is 2.38. The molecule has 1 aromatic carbocycles. The first-order valence-electron chi connectivity index (χ1n) is 5.71. The zero-order valence-electron chi connectivity index (χ0n) is 10.0. The number of nitrogens with one attached hydrogen (secondary N) is 1. The Bertz CT molecular complexity index is 590. The summed E-state index contributed by atoms with van der Waals surface area (Å²) < 4.78 is 10.9. The fraction of sp³-hybridized carbons (Fsp3) is 0.250. The highest BCUT2D eigenvalue weighted by molar-refractivity contribution is 7.52. The van der Waals surface area contributed by atoms with Crippen LogP contribution < -0.4 is 5.32 Å². The summed E-state index contributed by atoms with van der Waals surface area (Å²) in [6.07, 6.45) is 1.41. The molecule has 1 heterocycles. The van der Waals surface area contributed by atoms with Gasteiger partial charge in [-0.15, -0.1) is 0 Å². The second kappa shape index (κ2) is 5.17. The summed E-state index contributed by atoms with van der Waals surface area (Å²) in [4.78, 5) is 28.8. The van der Waals surface area contributed by atoms with Gasteiger partial charge < -0.3 is 20.2 Å². The predicted octanol–water partition coefficient (Wildman–Crippen LogP) is 1.30. The Morgan fingerprint density at radius 2 is 2.16 bits per heavy atom. The molecule has 0 aliphatic carbocycles. The minimum atomic E-state index is -4.40. The molecule has 0 saturated heterocycles. The fourth-order valence-corrected chi connectivity index (χ4v) is 2.74. The van der Waals surface area contributed by atoms with Crippen molar-refractivity contribution < 1.29 is 24.3 Å². The maximum absolute atomic E-state index is 11.0. The van der Waals surface area contributed by atoms with Crippen LogP contribution in [0.3, 0.4) is 0 Å². The van der Waals surface area contributed by atoms with E-state index in [-0.39, 0.29) is 5.57 Å². The van der Waals surface area contributed by atoms with E-state index in [0.717, 1.165) is 24.2 Å². The maximum atomic E-state index is 11.0. The van der Waals surface area contributed by atoms with Crippen molar-refractivity contribution in [1.29, 1.82) is 0 Å². The van der Waals surface area contributed by atoms with Crippen LogP contribution in [0.2, 0.25) is 0 Å². The highest BCUT2D eigenvalue weighted by Gasteiger charge is 2.22. The standard InChI is InChI=1S/C12H14NO5P/c14-12(15)10(7-19(16,17)18)6-9-3-1-2-8-4-5-13-11(8)9/h1-3,6,13H,4-5,7H2,(H,14,15)(H2,16,17,18)/b10-6+. The van der Waals surface area contributed by atoms with E-state index in [1.54, 1.807) is 12.1 Å². The molecule has 0 aromatic heterocycles. The van der Waals surface area contributed by atoms with Crippen LogP contribution in [-0.4, -0.2) is 33.6 Å². The third-order valence-electron chi connectivity index (χ3n) is 2.86. The number of carboxylic acids is 1. The third-order valence-corrected chi connectivity index (χ3v) is 3.61. The number of rotatable bonds is 4. The van der Waals surface area contributed by atoms with Gasteiger partial charge in [0.05, 0.1) is 6.16 Å². The van der Waals surface area contributed by atoms with E-state index in [2.05, 4.69) is 5.32 Å². The van der Waals surface area contributed by atoms with Gasteiger partial charge in [0.1, 0.15) is 0 Å². The second-order valence-corrected chi connectivity index (χ2v) is 6.00. The van der Waals surface area contributed by atoms with E-state index in [0.29, 0.717) is 5.56 Å². The molecule has 102 valence electrons. The molecule has 0 unspecified atom stereocenters. The third kappa shape index (κ3) is 3.44. The van der Waals surface area contributed by atoms with E-state index in [1.807, 2.05) is 6.07 Å². The Balaban J connectivity index is 2.40. The lowest BCUT2D eigenvalue weighted by molar-refractivity contribution is -0.132. The summed E-state index contributed by atoms with van der Waals surface area (Å²) in [6.45, 7) is 0.779. The van der Waals surface area contributed by atoms with Gasteiger partial charge in [0, 0.05) is 17.8 Å². The van der Waals surface area contributed by atoms with Gasteiger partial charge in [-0.1, -0.05) is 18.2 Å². The molecule has 0 atom stereocenters. The summed E-state index contributed by atoms with van der Waals surface area (Å²) in [5, 5.41) is 12.2. The number of anilines is 1. The molecule has 1 aromatic rings. The summed E-state index contributed by atoms with van der Waals surface area (Å²) in [5.41, 5.74) is 2.26. The van der Waals surface area contributed by atoms with Gasteiger partial charge in [0.2, 0.25) is 0 Å².